The molecule has 0 spiro atoms. The molecule has 128 valence electrons. The third kappa shape index (κ3) is 4.54. The first-order valence-electron chi connectivity index (χ1n) is 8.28. The van der Waals surface area contributed by atoms with Crippen LogP contribution in [0.5, 0.6) is 0 Å². The van der Waals surface area contributed by atoms with Crippen LogP contribution in [0.3, 0.4) is 0 Å². The Kier molecular flexibility index (Phi) is 5.76. The fourth-order valence-electron chi connectivity index (χ4n) is 2.69. The van der Waals surface area contributed by atoms with Crippen LogP contribution in [-0.2, 0) is 0 Å². The van der Waals surface area contributed by atoms with Gasteiger partial charge >= 0.3 is 0 Å². The molecule has 0 unspecified atom stereocenters. The second-order valence-electron chi connectivity index (χ2n) is 6.47. The van der Waals surface area contributed by atoms with Crippen molar-refractivity contribution >= 4 is 17.7 Å². The first kappa shape index (κ1) is 17.5. The average molecular weight is 321 g/mol. The van der Waals surface area contributed by atoms with Crippen molar-refractivity contribution < 1.29 is 9.90 Å². The number of hydrogen-bond acceptors (Lipinski definition) is 6. The zero-order valence-electron chi connectivity index (χ0n) is 14.0. The third-order valence-corrected chi connectivity index (χ3v) is 4.54. The van der Waals surface area contributed by atoms with Crippen LogP contribution in [0.4, 0.5) is 11.8 Å². The van der Waals surface area contributed by atoms with Crippen molar-refractivity contribution in [3.63, 3.8) is 0 Å². The van der Waals surface area contributed by atoms with Gasteiger partial charge in [-0.05, 0) is 38.5 Å². The molecule has 1 aliphatic carbocycles. The molecule has 1 aliphatic rings. The summed E-state index contributed by atoms with van der Waals surface area (Å²) in [5.41, 5.74) is 5.69. The minimum absolute atomic E-state index is 0.0747. The van der Waals surface area contributed by atoms with E-state index in [0.29, 0.717) is 24.1 Å². The van der Waals surface area contributed by atoms with E-state index in [1.165, 1.54) is 6.20 Å². The van der Waals surface area contributed by atoms with E-state index in [1.54, 1.807) is 0 Å². The molecule has 23 heavy (non-hydrogen) atoms. The highest BCUT2D eigenvalue weighted by atomic mass is 16.3. The van der Waals surface area contributed by atoms with Gasteiger partial charge in [0.05, 0.1) is 11.7 Å². The van der Waals surface area contributed by atoms with Gasteiger partial charge in [0.2, 0.25) is 5.95 Å². The Morgan fingerprint density at radius 1 is 1.52 bits per heavy atom. The molecular formula is C16H27N5O2. The van der Waals surface area contributed by atoms with Crippen LogP contribution in [0.1, 0.15) is 56.8 Å². The maximum Gasteiger partial charge on any atom is 0.254 e. The van der Waals surface area contributed by atoms with E-state index in [0.717, 1.165) is 19.3 Å². The van der Waals surface area contributed by atoms with Crippen LogP contribution >= 0.6 is 0 Å². The number of aliphatic hydroxyl groups excluding tert-OH is 1. The minimum atomic E-state index is -0.563. The van der Waals surface area contributed by atoms with Crippen LogP contribution in [0.2, 0.25) is 0 Å². The summed E-state index contributed by atoms with van der Waals surface area (Å²) in [6, 6.07) is 0.310. The molecule has 0 aromatic carbocycles. The molecule has 0 bridgehead atoms. The van der Waals surface area contributed by atoms with E-state index >= 15 is 0 Å². The fourth-order valence-corrected chi connectivity index (χ4v) is 2.69. The number of carbonyl (C=O) groups is 1. The van der Waals surface area contributed by atoms with Gasteiger partial charge in [-0.2, -0.15) is 4.98 Å². The van der Waals surface area contributed by atoms with Crippen LogP contribution in [0.25, 0.3) is 0 Å². The number of amides is 1. The van der Waals surface area contributed by atoms with Crippen LogP contribution < -0.4 is 16.4 Å². The monoisotopic (exact) mass is 321 g/mol. The van der Waals surface area contributed by atoms with Crippen LogP contribution in [-0.4, -0.2) is 39.2 Å². The number of rotatable bonds is 6. The van der Waals surface area contributed by atoms with Gasteiger partial charge in [-0.15, -0.1) is 0 Å². The lowest BCUT2D eigenvalue weighted by atomic mass is 9.85. The van der Waals surface area contributed by atoms with Crippen molar-refractivity contribution in [1.82, 2.24) is 9.97 Å². The lowest BCUT2D eigenvalue weighted by Gasteiger charge is -2.32. The molecule has 1 saturated carbocycles. The molecule has 0 radical (unpaired) electrons. The largest absolute Gasteiger partial charge is 0.393 e. The summed E-state index contributed by atoms with van der Waals surface area (Å²) in [6.07, 6.45) is 4.55. The number of nitrogens with one attached hydrogen (secondary N) is 2. The van der Waals surface area contributed by atoms with E-state index in [4.69, 9.17) is 5.73 Å². The average Bonchev–Trinajstić information content (AvgIpc) is 2.50. The van der Waals surface area contributed by atoms with Crippen molar-refractivity contribution in [2.45, 2.75) is 64.6 Å². The summed E-state index contributed by atoms with van der Waals surface area (Å²) in [5, 5.41) is 16.5. The Morgan fingerprint density at radius 2 is 2.26 bits per heavy atom. The number of nitrogens with zero attached hydrogens (tertiary/aromatic N) is 2. The van der Waals surface area contributed by atoms with Gasteiger partial charge < -0.3 is 21.5 Å². The predicted octanol–water partition coefficient (Wildman–Crippen LogP) is 1.75. The Hall–Kier alpha value is -1.89. The van der Waals surface area contributed by atoms with Crippen LogP contribution in [0.15, 0.2) is 6.20 Å². The van der Waals surface area contributed by atoms with E-state index in [2.05, 4.69) is 34.4 Å². The molecule has 5 N–H and O–H groups in total. The van der Waals surface area contributed by atoms with Gasteiger partial charge in [0.1, 0.15) is 5.82 Å². The molecule has 1 heterocycles. The molecule has 2 rings (SSSR count). The number of anilines is 2. The Morgan fingerprint density at radius 3 is 2.87 bits per heavy atom. The summed E-state index contributed by atoms with van der Waals surface area (Å²) in [5.74, 6) is 0.644. The second-order valence-corrected chi connectivity index (χ2v) is 6.47. The van der Waals surface area contributed by atoms with Gasteiger partial charge in [0.25, 0.3) is 5.91 Å². The fraction of sp³-hybridized carbons (Fsp3) is 0.688. The Balaban J connectivity index is 2.17. The van der Waals surface area contributed by atoms with Crippen molar-refractivity contribution in [3.8, 4) is 0 Å². The molecule has 7 nitrogen and oxygen atoms in total. The highest BCUT2D eigenvalue weighted by Gasteiger charge is 2.27. The first-order valence-corrected chi connectivity index (χ1v) is 8.28. The number of aromatic nitrogens is 2. The third-order valence-electron chi connectivity index (χ3n) is 4.54. The summed E-state index contributed by atoms with van der Waals surface area (Å²) >= 11 is 0. The van der Waals surface area contributed by atoms with Gasteiger partial charge in [-0.1, -0.05) is 13.8 Å². The smallest absolute Gasteiger partial charge is 0.254 e. The highest BCUT2D eigenvalue weighted by molar-refractivity contribution is 5.97. The van der Waals surface area contributed by atoms with Crippen molar-refractivity contribution in [2.75, 3.05) is 10.6 Å². The number of aliphatic hydroxyl groups is 1. The molecule has 0 saturated heterocycles. The lowest BCUT2D eigenvalue weighted by molar-refractivity contribution is 0.0739. The normalized spacial score (nSPS) is 25.7. The molecule has 1 fully saturated rings. The summed E-state index contributed by atoms with van der Waals surface area (Å²) in [6.45, 7) is 6.16. The molecule has 0 aliphatic heterocycles. The van der Waals surface area contributed by atoms with E-state index in [1.807, 2.05) is 6.92 Å². The van der Waals surface area contributed by atoms with Crippen molar-refractivity contribution in [2.24, 2.45) is 11.7 Å². The summed E-state index contributed by atoms with van der Waals surface area (Å²) < 4.78 is 0. The number of hydrogen-bond donors (Lipinski definition) is 4. The number of carbonyl (C=O) groups excluding carboxylic acids is 1. The SMILES string of the molecule is CC[C@H](C)Nc1ncc(C(N)=O)c(N[C@@H]2CC[C@@H](C)[C@H](O)C2)n1. The van der Waals surface area contributed by atoms with Crippen molar-refractivity contribution in [3.05, 3.63) is 11.8 Å². The van der Waals surface area contributed by atoms with E-state index in [-0.39, 0.29) is 23.8 Å². The van der Waals surface area contributed by atoms with Crippen molar-refractivity contribution in [1.29, 1.82) is 0 Å². The Labute approximate surface area is 137 Å². The molecule has 1 amide bonds. The number of nitrogens with two attached hydrogens (primary N) is 1. The molecule has 1 aromatic heterocycles. The standard InChI is InChI=1S/C16H27N5O2/c1-4-10(3)19-16-18-8-12(14(17)23)15(21-16)20-11-6-5-9(2)13(22)7-11/h8-11,13,22H,4-7H2,1-3H3,(H2,17,23)(H2,18,19,20,21)/t9-,10+,11-,13-/m1/s1. The first-order chi connectivity index (χ1) is 10.9. The van der Waals surface area contributed by atoms with E-state index in [9.17, 15) is 9.90 Å². The molecule has 4 atom stereocenters. The molecular weight excluding hydrogens is 294 g/mol. The minimum Gasteiger partial charge on any atom is -0.393 e. The van der Waals surface area contributed by atoms with Crippen LogP contribution in [0, 0.1) is 5.92 Å². The lowest BCUT2D eigenvalue weighted by Crippen LogP contribution is -2.35. The topological polar surface area (TPSA) is 113 Å². The Bertz CT molecular complexity index is 551. The number of primary amides is 1. The summed E-state index contributed by atoms with van der Waals surface area (Å²) in [7, 11) is 0. The highest BCUT2D eigenvalue weighted by Crippen LogP contribution is 2.27. The molecule has 7 heteroatoms. The maximum atomic E-state index is 11.6. The second kappa shape index (κ2) is 7.59. The van der Waals surface area contributed by atoms with Gasteiger partial charge in [0, 0.05) is 18.3 Å². The summed E-state index contributed by atoms with van der Waals surface area (Å²) in [4.78, 5) is 20.2. The predicted molar refractivity (Wildman–Crippen MR) is 90.4 cm³/mol. The maximum absolute atomic E-state index is 11.6. The molecule has 1 aromatic rings. The van der Waals surface area contributed by atoms with Gasteiger partial charge in [-0.25, -0.2) is 4.98 Å². The van der Waals surface area contributed by atoms with Gasteiger partial charge in [0.15, 0.2) is 0 Å². The van der Waals surface area contributed by atoms with E-state index < -0.39 is 5.91 Å². The van der Waals surface area contributed by atoms with Gasteiger partial charge in [-0.3, -0.25) is 4.79 Å². The zero-order chi connectivity index (χ0) is 17.0. The zero-order valence-corrected chi connectivity index (χ0v) is 14.0. The quantitative estimate of drug-likeness (QED) is 0.635.